The molecule has 0 bridgehead atoms. The van der Waals surface area contributed by atoms with E-state index in [2.05, 4.69) is 4.98 Å². The van der Waals surface area contributed by atoms with Gasteiger partial charge in [-0.15, -0.1) is 0 Å². The van der Waals surface area contributed by atoms with Crippen LogP contribution in [0.25, 0.3) is 16.0 Å². The second-order valence-corrected chi connectivity index (χ2v) is 8.88. The maximum absolute atomic E-state index is 13.4. The topological polar surface area (TPSA) is 89.0 Å². The number of Topliss-reactive ketones (excluding diaryl/α,β-unsaturated/α-hetero) is 1. The van der Waals surface area contributed by atoms with Gasteiger partial charge in [-0.2, -0.15) is 0 Å². The number of anilines is 1. The van der Waals surface area contributed by atoms with Crippen molar-refractivity contribution in [3.8, 4) is 11.5 Å². The minimum atomic E-state index is -0.878. The van der Waals surface area contributed by atoms with Crippen molar-refractivity contribution < 1.29 is 24.2 Å². The van der Waals surface area contributed by atoms with Crippen molar-refractivity contribution in [1.82, 2.24) is 4.98 Å². The van der Waals surface area contributed by atoms with Crippen LogP contribution >= 0.6 is 11.3 Å². The van der Waals surface area contributed by atoms with Gasteiger partial charge < -0.3 is 14.6 Å². The van der Waals surface area contributed by atoms with Gasteiger partial charge in [-0.05, 0) is 42.8 Å². The molecule has 0 radical (unpaired) electrons. The van der Waals surface area contributed by atoms with Gasteiger partial charge in [0.2, 0.25) is 0 Å². The van der Waals surface area contributed by atoms with E-state index in [4.69, 9.17) is 9.47 Å². The molecular weight excluding hydrogens is 464 g/mol. The lowest BCUT2D eigenvalue weighted by molar-refractivity contribution is -0.132. The number of aliphatic hydroxyl groups excluding tert-OH is 1. The number of nitrogens with zero attached hydrogens (tertiary/aromatic N) is 2. The maximum atomic E-state index is 13.4. The molecule has 1 N–H and O–H groups in total. The van der Waals surface area contributed by atoms with Gasteiger partial charge in [0.25, 0.3) is 5.78 Å². The van der Waals surface area contributed by atoms with E-state index in [0.717, 1.165) is 4.70 Å². The van der Waals surface area contributed by atoms with Crippen LogP contribution in [0.2, 0.25) is 0 Å². The Morgan fingerprint density at radius 1 is 1.03 bits per heavy atom. The van der Waals surface area contributed by atoms with Gasteiger partial charge in [0.1, 0.15) is 17.3 Å². The van der Waals surface area contributed by atoms with Crippen LogP contribution in [-0.2, 0) is 9.59 Å². The molecule has 1 unspecified atom stereocenters. The molecule has 1 fully saturated rings. The standard InChI is InChI=1S/C27H22N2O5S/c1-3-34-19-12-13-20-21(15-19)35-27(28-20)29-23(17-10-7-11-18(14-17)33-2)22(25(31)26(29)32)24(30)16-8-5-4-6-9-16/h4-15,23,30H,3H2,1-2H3/b24-22+. The number of aliphatic hydroxyl groups is 1. The summed E-state index contributed by atoms with van der Waals surface area (Å²) in [4.78, 5) is 32.7. The summed E-state index contributed by atoms with van der Waals surface area (Å²) in [5, 5.41) is 11.5. The lowest BCUT2D eigenvalue weighted by Crippen LogP contribution is -2.29. The summed E-state index contributed by atoms with van der Waals surface area (Å²) < 4.78 is 11.8. The third-order valence-corrected chi connectivity index (χ3v) is 6.78. The van der Waals surface area contributed by atoms with E-state index in [9.17, 15) is 14.7 Å². The second-order valence-electron chi connectivity index (χ2n) is 7.87. The number of thiazole rings is 1. The van der Waals surface area contributed by atoms with E-state index in [1.54, 1.807) is 55.6 Å². The number of amides is 1. The number of carbonyl (C=O) groups is 2. The lowest BCUT2D eigenvalue weighted by atomic mass is 9.95. The normalized spacial score (nSPS) is 17.2. The van der Waals surface area contributed by atoms with Crippen molar-refractivity contribution in [2.24, 2.45) is 0 Å². The first-order valence-electron chi connectivity index (χ1n) is 11.1. The highest BCUT2D eigenvalue weighted by atomic mass is 32.1. The van der Waals surface area contributed by atoms with Gasteiger partial charge in [0.05, 0.1) is 35.5 Å². The highest BCUT2D eigenvalue weighted by Crippen LogP contribution is 2.45. The molecule has 35 heavy (non-hydrogen) atoms. The van der Waals surface area contributed by atoms with E-state index >= 15 is 0 Å². The number of ketones is 1. The minimum absolute atomic E-state index is 0.00344. The Balaban J connectivity index is 1.70. The maximum Gasteiger partial charge on any atom is 0.301 e. The van der Waals surface area contributed by atoms with Crippen molar-refractivity contribution in [2.75, 3.05) is 18.6 Å². The van der Waals surface area contributed by atoms with Gasteiger partial charge in [-0.1, -0.05) is 53.8 Å². The number of hydrogen-bond acceptors (Lipinski definition) is 7. The van der Waals surface area contributed by atoms with Crippen LogP contribution in [0, 0.1) is 0 Å². The Morgan fingerprint density at radius 3 is 2.57 bits per heavy atom. The average molecular weight is 487 g/mol. The molecule has 1 amide bonds. The molecule has 1 aliphatic rings. The Morgan fingerprint density at radius 2 is 1.83 bits per heavy atom. The summed E-state index contributed by atoms with van der Waals surface area (Å²) in [5.74, 6) is -0.490. The molecule has 1 aromatic heterocycles. The minimum Gasteiger partial charge on any atom is -0.507 e. The van der Waals surface area contributed by atoms with Gasteiger partial charge >= 0.3 is 5.91 Å². The third-order valence-electron chi connectivity index (χ3n) is 5.77. The quantitative estimate of drug-likeness (QED) is 0.225. The third kappa shape index (κ3) is 4.02. The van der Waals surface area contributed by atoms with Crippen LogP contribution in [0.1, 0.15) is 24.1 Å². The van der Waals surface area contributed by atoms with Crippen molar-refractivity contribution >= 4 is 44.1 Å². The fourth-order valence-electron chi connectivity index (χ4n) is 4.16. The van der Waals surface area contributed by atoms with Gasteiger partial charge in [0.15, 0.2) is 5.13 Å². The van der Waals surface area contributed by atoms with E-state index in [0.29, 0.717) is 39.9 Å². The Kier molecular flexibility index (Phi) is 5.96. The summed E-state index contributed by atoms with van der Waals surface area (Å²) in [6, 6.07) is 20.4. The van der Waals surface area contributed by atoms with Crippen LogP contribution in [0.15, 0.2) is 78.4 Å². The number of hydrogen-bond donors (Lipinski definition) is 1. The molecule has 176 valence electrons. The molecule has 3 aromatic carbocycles. The number of ether oxygens (including phenoxy) is 2. The first kappa shape index (κ1) is 22.6. The van der Waals surface area contributed by atoms with Crippen LogP contribution in [-0.4, -0.2) is 35.5 Å². The SMILES string of the molecule is CCOc1ccc2nc(N3C(=O)C(=O)/C(=C(/O)c4ccccc4)C3c3cccc(OC)c3)sc2c1. The average Bonchev–Trinajstić information content (AvgIpc) is 3.42. The molecule has 1 saturated heterocycles. The Bertz CT molecular complexity index is 1460. The highest BCUT2D eigenvalue weighted by molar-refractivity contribution is 7.22. The number of rotatable bonds is 6. The Labute approximate surface area is 205 Å². The van der Waals surface area contributed by atoms with Crippen molar-refractivity contribution in [1.29, 1.82) is 0 Å². The Hall–Kier alpha value is -4.17. The number of benzene rings is 3. The first-order chi connectivity index (χ1) is 17.0. The molecule has 0 spiro atoms. The van der Waals surface area contributed by atoms with Crippen LogP contribution in [0.3, 0.4) is 0 Å². The molecule has 1 aliphatic heterocycles. The summed E-state index contributed by atoms with van der Waals surface area (Å²) in [7, 11) is 1.55. The molecule has 0 saturated carbocycles. The number of carbonyl (C=O) groups excluding carboxylic acids is 2. The highest BCUT2D eigenvalue weighted by Gasteiger charge is 2.48. The summed E-state index contributed by atoms with van der Waals surface area (Å²) >= 11 is 1.28. The van der Waals surface area contributed by atoms with Crippen LogP contribution < -0.4 is 14.4 Å². The van der Waals surface area contributed by atoms with Gasteiger partial charge in [-0.3, -0.25) is 14.5 Å². The van der Waals surface area contributed by atoms with Gasteiger partial charge in [-0.25, -0.2) is 4.98 Å². The molecule has 8 heteroatoms. The van der Waals surface area contributed by atoms with E-state index in [-0.39, 0.29) is 11.3 Å². The van der Waals surface area contributed by atoms with Crippen LogP contribution in [0.4, 0.5) is 5.13 Å². The number of methoxy groups -OCH3 is 1. The van der Waals surface area contributed by atoms with Crippen molar-refractivity contribution in [3.05, 3.63) is 89.5 Å². The first-order valence-corrected chi connectivity index (χ1v) is 11.9. The predicted octanol–water partition coefficient (Wildman–Crippen LogP) is 5.33. The van der Waals surface area contributed by atoms with Crippen LogP contribution in [0.5, 0.6) is 11.5 Å². The summed E-state index contributed by atoms with van der Waals surface area (Å²) in [5.41, 5.74) is 1.76. The van der Waals surface area contributed by atoms with Crippen molar-refractivity contribution in [2.45, 2.75) is 13.0 Å². The molecular formula is C27H22N2O5S. The van der Waals surface area contributed by atoms with Gasteiger partial charge in [0, 0.05) is 5.56 Å². The molecule has 0 aliphatic carbocycles. The van der Waals surface area contributed by atoms with E-state index < -0.39 is 17.7 Å². The second kappa shape index (κ2) is 9.23. The largest absolute Gasteiger partial charge is 0.507 e. The van der Waals surface area contributed by atoms with E-state index in [1.165, 1.54) is 16.2 Å². The smallest absolute Gasteiger partial charge is 0.301 e. The molecule has 2 heterocycles. The monoisotopic (exact) mass is 486 g/mol. The summed E-state index contributed by atoms with van der Waals surface area (Å²) in [6.07, 6.45) is 0. The zero-order valence-corrected chi connectivity index (χ0v) is 19.9. The zero-order chi connectivity index (χ0) is 24.5. The molecule has 7 nitrogen and oxygen atoms in total. The molecule has 4 aromatic rings. The summed E-state index contributed by atoms with van der Waals surface area (Å²) in [6.45, 7) is 2.43. The molecule has 5 rings (SSSR count). The van der Waals surface area contributed by atoms with E-state index in [1.807, 2.05) is 31.2 Å². The van der Waals surface area contributed by atoms with Crippen molar-refractivity contribution in [3.63, 3.8) is 0 Å². The lowest BCUT2D eigenvalue weighted by Gasteiger charge is -2.23. The predicted molar refractivity (Wildman–Crippen MR) is 135 cm³/mol. The number of aromatic nitrogens is 1. The fraction of sp³-hybridized carbons (Fsp3) is 0.148. The number of fused-ring (bicyclic) bond motifs is 1. The molecule has 1 atom stereocenters. The zero-order valence-electron chi connectivity index (χ0n) is 19.1. The fourth-order valence-corrected chi connectivity index (χ4v) is 5.18.